The van der Waals surface area contributed by atoms with Crippen LogP contribution in [0.4, 0.5) is 4.39 Å². The van der Waals surface area contributed by atoms with E-state index in [1.54, 1.807) is 18.0 Å². The SMILES string of the molecule is CCn1ncc(OC)c1C(F)C1CCCCN1. The average Bonchev–Trinajstić information content (AvgIpc) is 2.81. The van der Waals surface area contributed by atoms with Crippen LogP contribution in [0.15, 0.2) is 6.20 Å². The minimum Gasteiger partial charge on any atom is -0.493 e. The van der Waals surface area contributed by atoms with Gasteiger partial charge in [0.15, 0.2) is 11.9 Å². The number of alkyl halides is 1. The summed E-state index contributed by atoms with van der Waals surface area (Å²) in [6.45, 7) is 3.51. The number of nitrogens with one attached hydrogen (secondary N) is 1. The van der Waals surface area contributed by atoms with Gasteiger partial charge >= 0.3 is 0 Å². The van der Waals surface area contributed by atoms with Gasteiger partial charge in [-0.25, -0.2) is 4.39 Å². The fraction of sp³-hybridized carbons (Fsp3) is 0.750. The van der Waals surface area contributed by atoms with Crippen molar-refractivity contribution in [2.75, 3.05) is 13.7 Å². The van der Waals surface area contributed by atoms with E-state index in [9.17, 15) is 4.39 Å². The van der Waals surface area contributed by atoms with Crippen molar-refractivity contribution in [1.82, 2.24) is 15.1 Å². The van der Waals surface area contributed by atoms with E-state index < -0.39 is 6.17 Å². The zero-order chi connectivity index (χ0) is 12.3. The second-order valence-corrected chi connectivity index (χ2v) is 4.37. The molecule has 2 unspecified atom stereocenters. The van der Waals surface area contributed by atoms with Crippen LogP contribution in [0, 0.1) is 0 Å². The normalized spacial score (nSPS) is 22.4. The molecule has 0 amide bonds. The van der Waals surface area contributed by atoms with Crippen molar-refractivity contribution >= 4 is 0 Å². The predicted molar refractivity (Wildman–Crippen MR) is 63.9 cm³/mol. The summed E-state index contributed by atoms with van der Waals surface area (Å²) in [4.78, 5) is 0. The Bertz CT molecular complexity index is 339. The Balaban J connectivity index is 2.21. The molecule has 1 aliphatic heterocycles. The Morgan fingerprint density at radius 3 is 3.06 bits per heavy atom. The molecule has 0 radical (unpaired) electrons. The minimum absolute atomic E-state index is 0.111. The highest BCUT2D eigenvalue weighted by atomic mass is 19.1. The first-order valence-electron chi connectivity index (χ1n) is 6.25. The summed E-state index contributed by atoms with van der Waals surface area (Å²) in [6.07, 6.45) is 3.63. The van der Waals surface area contributed by atoms with Gasteiger partial charge in [-0.2, -0.15) is 5.10 Å². The monoisotopic (exact) mass is 241 g/mol. The highest BCUT2D eigenvalue weighted by Gasteiger charge is 2.30. The van der Waals surface area contributed by atoms with Gasteiger partial charge in [-0.1, -0.05) is 6.42 Å². The third-order valence-corrected chi connectivity index (χ3v) is 3.33. The molecule has 5 heteroatoms. The lowest BCUT2D eigenvalue weighted by atomic mass is 9.98. The van der Waals surface area contributed by atoms with Gasteiger partial charge < -0.3 is 10.1 Å². The van der Waals surface area contributed by atoms with Gasteiger partial charge in [-0.15, -0.1) is 0 Å². The van der Waals surface area contributed by atoms with E-state index in [-0.39, 0.29) is 6.04 Å². The largest absolute Gasteiger partial charge is 0.493 e. The van der Waals surface area contributed by atoms with Crippen molar-refractivity contribution in [3.8, 4) is 5.75 Å². The number of ether oxygens (including phenoxy) is 1. The number of nitrogens with zero attached hydrogens (tertiary/aromatic N) is 2. The van der Waals surface area contributed by atoms with Gasteiger partial charge in [0.05, 0.1) is 13.3 Å². The van der Waals surface area contributed by atoms with Crippen LogP contribution in [-0.2, 0) is 6.54 Å². The molecule has 1 fully saturated rings. The first-order valence-corrected chi connectivity index (χ1v) is 6.25. The van der Waals surface area contributed by atoms with Crippen molar-refractivity contribution in [2.45, 2.75) is 44.9 Å². The number of rotatable bonds is 4. The van der Waals surface area contributed by atoms with Gasteiger partial charge in [-0.3, -0.25) is 4.68 Å². The third kappa shape index (κ3) is 2.44. The number of methoxy groups -OCH3 is 1. The molecule has 2 atom stereocenters. The van der Waals surface area contributed by atoms with Gasteiger partial charge in [0.25, 0.3) is 0 Å². The quantitative estimate of drug-likeness (QED) is 0.877. The highest BCUT2D eigenvalue weighted by molar-refractivity contribution is 5.28. The van der Waals surface area contributed by atoms with Gasteiger partial charge in [0.2, 0.25) is 0 Å². The molecule has 0 saturated carbocycles. The van der Waals surface area contributed by atoms with Crippen LogP contribution in [0.1, 0.15) is 38.1 Å². The summed E-state index contributed by atoms with van der Waals surface area (Å²) >= 11 is 0. The maximum Gasteiger partial charge on any atom is 0.163 e. The lowest BCUT2D eigenvalue weighted by molar-refractivity contribution is 0.204. The molecule has 1 saturated heterocycles. The molecule has 2 rings (SSSR count). The van der Waals surface area contributed by atoms with Crippen LogP contribution >= 0.6 is 0 Å². The van der Waals surface area contributed by atoms with E-state index in [0.717, 1.165) is 25.8 Å². The van der Waals surface area contributed by atoms with E-state index in [2.05, 4.69) is 10.4 Å². The van der Waals surface area contributed by atoms with E-state index >= 15 is 0 Å². The van der Waals surface area contributed by atoms with Crippen LogP contribution < -0.4 is 10.1 Å². The highest BCUT2D eigenvalue weighted by Crippen LogP contribution is 2.32. The maximum atomic E-state index is 14.5. The summed E-state index contributed by atoms with van der Waals surface area (Å²) < 4.78 is 21.4. The summed E-state index contributed by atoms with van der Waals surface area (Å²) in [7, 11) is 1.56. The zero-order valence-electron chi connectivity index (χ0n) is 10.4. The Hall–Kier alpha value is -1.10. The van der Waals surface area contributed by atoms with Gasteiger partial charge in [0, 0.05) is 12.6 Å². The maximum absolute atomic E-state index is 14.5. The molecule has 1 aromatic rings. The fourth-order valence-corrected chi connectivity index (χ4v) is 2.38. The molecule has 1 aromatic heterocycles. The van der Waals surface area contributed by atoms with Crippen LogP contribution in [-0.4, -0.2) is 29.5 Å². The molecule has 4 nitrogen and oxygen atoms in total. The molecular formula is C12H20FN3O. The van der Waals surface area contributed by atoms with Gasteiger partial charge in [0.1, 0.15) is 5.69 Å². The third-order valence-electron chi connectivity index (χ3n) is 3.33. The molecular weight excluding hydrogens is 221 g/mol. The number of hydrogen-bond acceptors (Lipinski definition) is 3. The first kappa shape index (κ1) is 12.4. The average molecular weight is 241 g/mol. The Morgan fingerprint density at radius 2 is 2.47 bits per heavy atom. The lowest BCUT2D eigenvalue weighted by Crippen LogP contribution is -2.38. The standard InChI is InChI=1S/C12H20FN3O/c1-3-16-12(10(17-2)8-15-16)11(13)9-6-4-5-7-14-9/h8-9,11,14H,3-7H2,1-2H3. The van der Waals surface area contributed by atoms with E-state index in [1.165, 1.54) is 0 Å². The van der Waals surface area contributed by atoms with Crippen molar-refractivity contribution in [1.29, 1.82) is 0 Å². The molecule has 1 N–H and O–H groups in total. The number of aromatic nitrogens is 2. The second kappa shape index (κ2) is 5.49. The summed E-state index contributed by atoms with van der Waals surface area (Å²) in [6, 6.07) is -0.111. The zero-order valence-corrected chi connectivity index (χ0v) is 10.4. The number of aryl methyl sites for hydroxylation is 1. The molecule has 0 spiro atoms. The van der Waals surface area contributed by atoms with Crippen LogP contribution in [0.5, 0.6) is 5.75 Å². The molecule has 0 aromatic carbocycles. The van der Waals surface area contributed by atoms with Crippen molar-refractivity contribution < 1.29 is 9.13 Å². The first-order chi connectivity index (χ1) is 8.27. The molecule has 17 heavy (non-hydrogen) atoms. The fourth-order valence-electron chi connectivity index (χ4n) is 2.38. The summed E-state index contributed by atoms with van der Waals surface area (Å²) in [5.74, 6) is 0.548. The number of piperidine rings is 1. The second-order valence-electron chi connectivity index (χ2n) is 4.37. The Morgan fingerprint density at radius 1 is 1.65 bits per heavy atom. The smallest absolute Gasteiger partial charge is 0.163 e. The van der Waals surface area contributed by atoms with E-state index in [1.807, 2.05) is 6.92 Å². The molecule has 0 bridgehead atoms. The van der Waals surface area contributed by atoms with Crippen LogP contribution in [0.25, 0.3) is 0 Å². The van der Waals surface area contributed by atoms with Crippen molar-refractivity contribution in [2.24, 2.45) is 0 Å². The van der Waals surface area contributed by atoms with Crippen molar-refractivity contribution in [3.05, 3.63) is 11.9 Å². The van der Waals surface area contributed by atoms with Crippen LogP contribution in [0.3, 0.4) is 0 Å². The molecule has 2 heterocycles. The van der Waals surface area contributed by atoms with Gasteiger partial charge in [-0.05, 0) is 26.3 Å². The molecule has 0 aliphatic carbocycles. The minimum atomic E-state index is -1.05. The Kier molecular flexibility index (Phi) is 3.99. The Labute approximate surface area is 101 Å². The summed E-state index contributed by atoms with van der Waals surface area (Å²) in [5, 5.41) is 7.38. The van der Waals surface area contributed by atoms with E-state index in [0.29, 0.717) is 18.0 Å². The van der Waals surface area contributed by atoms with Crippen molar-refractivity contribution in [3.63, 3.8) is 0 Å². The van der Waals surface area contributed by atoms with Crippen LogP contribution in [0.2, 0.25) is 0 Å². The van der Waals surface area contributed by atoms with E-state index in [4.69, 9.17) is 4.74 Å². The summed E-state index contributed by atoms with van der Waals surface area (Å²) in [5.41, 5.74) is 0.564. The molecule has 96 valence electrons. The number of hydrogen-bond donors (Lipinski definition) is 1. The molecule has 1 aliphatic rings. The number of halogens is 1. The predicted octanol–water partition coefficient (Wildman–Crippen LogP) is 2.06. The topological polar surface area (TPSA) is 39.1 Å². The lowest BCUT2D eigenvalue weighted by Gasteiger charge is -2.27.